The first-order valence-electron chi connectivity index (χ1n) is 10.6. The van der Waals surface area contributed by atoms with E-state index in [0.29, 0.717) is 25.2 Å². The summed E-state index contributed by atoms with van der Waals surface area (Å²) in [7, 11) is 0. The van der Waals surface area contributed by atoms with Crippen LogP contribution in [0.2, 0.25) is 0 Å². The number of alkyl halides is 3. The van der Waals surface area contributed by atoms with Crippen molar-refractivity contribution >= 4 is 51.5 Å². The highest BCUT2D eigenvalue weighted by molar-refractivity contribution is 6.68. The third kappa shape index (κ3) is 4.03. The highest BCUT2D eigenvalue weighted by atomic mass is 35.6. The summed E-state index contributed by atoms with van der Waals surface area (Å²) in [6, 6.07) is 18.7. The molecule has 2 aliphatic heterocycles. The smallest absolute Gasteiger partial charge is 0.253 e. The Balaban J connectivity index is 1.44. The Labute approximate surface area is 200 Å². The predicted molar refractivity (Wildman–Crippen MR) is 129 cm³/mol. The molecule has 0 spiro atoms. The van der Waals surface area contributed by atoms with E-state index in [4.69, 9.17) is 34.8 Å². The number of fused-ring (bicyclic) bond motifs is 5. The zero-order chi connectivity index (χ0) is 22.5. The third-order valence-corrected chi connectivity index (χ3v) is 7.11. The van der Waals surface area contributed by atoms with E-state index in [2.05, 4.69) is 5.32 Å². The number of aromatic nitrogens is 1. The van der Waals surface area contributed by atoms with Crippen LogP contribution >= 0.6 is 34.8 Å². The molecule has 0 radical (unpaired) electrons. The van der Waals surface area contributed by atoms with E-state index in [1.165, 1.54) is 0 Å². The third-order valence-electron chi connectivity index (χ3n) is 6.49. The zero-order valence-corrected chi connectivity index (χ0v) is 19.4. The van der Waals surface area contributed by atoms with Gasteiger partial charge in [0.2, 0.25) is 3.79 Å². The van der Waals surface area contributed by atoms with Crippen LogP contribution in [0.3, 0.4) is 0 Å². The molecule has 1 aromatic heterocycles. The number of hydrogen-bond acceptors (Lipinski definition) is 3. The molecule has 2 aromatic carbocycles. The number of nitrogens with one attached hydrogen (secondary N) is 1. The molecule has 0 unspecified atom stereocenters. The van der Waals surface area contributed by atoms with Crippen LogP contribution in [0.1, 0.15) is 28.4 Å². The number of rotatable bonds is 3. The van der Waals surface area contributed by atoms with E-state index in [0.717, 1.165) is 22.9 Å². The van der Waals surface area contributed by atoms with Gasteiger partial charge in [-0.2, -0.15) is 0 Å². The number of halogens is 3. The van der Waals surface area contributed by atoms with Gasteiger partial charge in [0.15, 0.2) is 0 Å². The average Bonchev–Trinajstić information content (AvgIpc) is 2.77. The molecule has 3 aromatic rings. The Morgan fingerprint density at radius 1 is 0.969 bits per heavy atom. The van der Waals surface area contributed by atoms with Crippen LogP contribution in [0.15, 0.2) is 65.5 Å². The van der Waals surface area contributed by atoms with Crippen LogP contribution in [0.25, 0.3) is 10.8 Å². The number of nitrogens with zero attached hydrogens (tertiary/aromatic N) is 2. The fraction of sp³-hybridized carbons (Fsp3) is 0.333. The molecule has 3 heterocycles. The monoisotopic (exact) mass is 489 g/mol. The summed E-state index contributed by atoms with van der Waals surface area (Å²) >= 11 is 19.2. The van der Waals surface area contributed by atoms with Crippen molar-refractivity contribution in [3.05, 3.63) is 82.3 Å². The minimum Gasteiger partial charge on any atom is -0.332 e. The Morgan fingerprint density at radius 2 is 1.72 bits per heavy atom. The molecule has 32 heavy (non-hydrogen) atoms. The standard InChI is InChI=1S/C24H22Cl3N3O2/c25-24(26,27)23(28-22(32)19-8-3-6-16-5-1-2-7-18(16)19)29-12-15-11-17(14-29)20-9-4-10-21(31)30(20)13-15/h1-10,15,17,23H,11-14H2,(H,28,32)/t15-,17-,23-/m1/s1. The number of hydrogen-bond donors (Lipinski definition) is 1. The normalized spacial score (nSPS) is 21.7. The summed E-state index contributed by atoms with van der Waals surface area (Å²) < 4.78 is 0.136. The van der Waals surface area contributed by atoms with E-state index in [1.54, 1.807) is 18.2 Å². The lowest BCUT2D eigenvalue weighted by atomic mass is 9.83. The summed E-state index contributed by atoms with van der Waals surface area (Å²) in [6.07, 6.45) is 0.176. The highest BCUT2D eigenvalue weighted by Crippen LogP contribution is 2.40. The molecular formula is C24H22Cl3N3O2. The van der Waals surface area contributed by atoms with Gasteiger partial charge in [-0.15, -0.1) is 0 Å². The van der Waals surface area contributed by atoms with Crippen LogP contribution in [0.5, 0.6) is 0 Å². The van der Waals surface area contributed by atoms with E-state index < -0.39 is 9.96 Å². The predicted octanol–water partition coefficient (Wildman–Crippen LogP) is 4.55. The SMILES string of the molecule is O=C(N[C@H](N1C[C@H]2C[C@H](C1)c1cccc(=O)n1C2)C(Cl)(Cl)Cl)c1cccc2ccccc12. The molecule has 2 bridgehead atoms. The number of benzene rings is 2. The van der Waals surface area contributed by atoms with Crippen molar-refractivity contribution in [1.29, 1.82) is 0 Å². The molecule has 1 N–H and O–H groups in total. The molecule has 0 aliphatic carbocycles. The van der Waals surface area contributed by atoms with Crippen molar-refractivity contribution in [1.82, 2.24) is 14.8 Å². The van der Waals surface area contributed by atoms with Gasteiger partial charge in [0.25, 0.3) is 11.5 Å². The lowest BCUT2D eigenvalue weighted by Gasteiger charge is -2.47. The maximum atomic E-state index is 13.3. The number of carbonyl (C=O) groups is 1. The van der Waals surface area contributed by atoms with Crippen molar-refractivity contribution in [2.75, 3.05) is 13.1 Å². The average molecular weight is 491 g/mol. The second-order valence-corrected chi connectivity index (χ2v) is 11.0. The molecule has 166 valence electrons. The lowest BCUT2D eigenvalue weighted by Crippen LogP contribution is -2.60. The van der Waals surface area contributed by atoms with Crippen LogP contribution in [0.4, 0.5) is 0 Å². The summed E-state index contributed by atoms with van der Waals surface area (Å²) in [4.78, 5) is 27.6. The van der Waals surface area contributed by atoms with Gasteiger partial charge < -0.3 is 9.88 Å². The summed E-state index contributed by atoms with van der Waals surface area (Å²) in [5.41, 5.74) is 1.56. The fourth-order valence-corrected chi connectivity index (χ4v) is 5.73. The van der Waals surface area contributed by atoms with Gasteiger partial charge in [-0.3, -0.25) is 14.5 Å². The van der Waals surface area contributed by atoms with Gasteiger partial charge in [0, 0.05) is 42.9 Å². The number of amides is 1. The largest absolute Gasteiger partial charge is 0.332 e. The van der Waals surface area contributed by atoms with Crippen molar-refractivity contribution in [3.8, 4) is 0 Å². The van der Waals surface area contributed by atoms with Crippen LogP contribution in [0, 0.1) is 5.92 Å². The Bertz CT molecular complexity index is 1230. The molecule has 1 saturated heterocycles. The van der Waals surface area contributed by atoms with Gasteiger partial charge in [-0.05, 0) is 35.2 Å². The van der Waals surface area contributed by atoms with Crippen LogP contribution in [-0.4, -0.2) is 38.4 Å². The highest BCUT2D eigenvalue weighted by Gasteiger charge is 2.44. The van der Waals surface area contributed by atoms with Gasteiger partial charge in [-0.1, -0.05) is 77.3 Å². The number of pyridine rings is 1. The van der Waals surface area contributed by atoms with E-state index in [-0.39, 0.29) is 23.3 Å². The van der Waals surface area contributed by atoms with Crippen molar-refractivity contribution in [3.63, 3.8) is 0 Å². The molecule has 0 saturated carbocycles. The summed E-state index contributed by atoms with van der Waals surface area (Å²) in [5.74, 6) is 0.0943. The lowest BCUT2D eigenvalue weighted by molar-refractivity contribution is 0.0587. The van der Waals surface area contributed by atoms with Crippen molar-refractivity contribution in [2.24, 2.45) is 5.92 Å². The maximum Gasteiger partial charge on any atom is 0.253 e. The molecule has 2 aliphatic rings. The minimum atomic E-state index is -1.72. The first-order valence-corrected chi connectivity index (χ1v) is 11.7. The fourth-order valence-electron chi connectivity index (χ4n) is 5.15. The maximum absolute atomic E-state index is 13.3. The molecule has 5 rings (SSSR count). The second-order valence-electron chi connectivity index (χ2n) is 8.60. The Hall–Kier alpha value is -2.05. The molecule has 3 atom stereocenters. The summed E-state index contributed by atoms with van der Waals surface area (Å²) in [6.45, 7) is 1.85. The van der Waals surface area contributed by atoms with Gasteiger partial charge in [0.1, 0.15) is 6.17 Å². The molecular weight excluding hydrogens is 469 g/mol. The molecule has 8 heteroatoms. The van der Waals surface area contributed by atoms with Crippen LogP contribution in [-0.2, 0) is 6.54 Å². The summed E-state index contributed by atoms with van der Waals surface area (Å²) in [5, 5.41) is 4.80. The number of piperidine rings is 1. The minimum absolute atomic E-state index is 0.0211. The first-order chi connectivity index (χ1) is 15.3. The second kappa shape index (κ2) is 8.38. The number of carbonyl (C=O) groups excluding carboxylic acids is 1. The van der Waals surface area contributed by atoms with E-state index in [1.807, 2.05) is 51.9 Å². The Kier molecular flexibility index (Phi) is 5.70. The van der Waals surface area contributed by atoms with E-state index in [9.17, 15) is 9.59 Å². The molecule has 1 fully saturated rings. The number of likely N-dealkylation sites (tertiary alicyclic amines) is 1. The van der Waals surface area contributed by atoms with Crippen LogP contribution < -0.4 is 10.9 Å². The molecule has 5 nitrogen and oxygen atoms in total. The van der Waals surface area contributed by atoms with Gasteiger partial charge in [0.05, 0.1) is 0 Å². The first kappa shape index (κ1) is 21.8. The van der Waals surface area contributed by atoms with E-state index >= 15 is 0 Å². The van der Waals surface area contributed by atoms with Gasteiger partial charge in [-0.25, -0.2) is 0 Å². The zero-order valence-electron chi connectivity index (χ0n) is 17.2. The molecule has 1 amide bonds. The Morgan fingerprint density at radius 3 is 2.53 bits per heavy atom. The van der Waals surface area contributed by atoms with Crippen molar-refractivity contribution < 1.29 is 4.79 Å². The van der Waals surface area contributed by atoms with Gasteiger partial charge >= 0.3 is 0 Å². The van der Waals surface area contributed by atoms with Crippen molar-refractivity contribution in [2.45, 2.75) is 28.8 Å². The quantitative estimate of drug-likeness (QED) is 0.548. The topological polar surface area (TPSA) is 54.3 Å².